The van der Waals surface area contributed by atoms with Crippen molar-refractivity contribution in [2.45, 2.75) is 227 Å². The predicted octanol–water partition coefficient (Wildman–Crippen LogP) is 8.96. The molecule has 0 aliphatic rings. The molecule has 2 atom stereocenters. The minimum absolute atomic E-state index is 0.00979. The fourth-order valence-corrected chi connectivity index (χ4v) is 10.5. The van der Waals surface area contributed by atoms with E-state index < -0.39 is 12.2 Å². The first-order valence-corrected chi connectivity index (χ1v) is 40.5. The van der Waals surface area contributed by atoms with E-state index in [-0.39, 0.29) is 131 Å². The van der Waals surface area contributed by atoms with E-state index in [2.05, 4.69) is 242 Å². The first kappa shape index (κ1) is 107. The summed E-state index contributed by atoms with van der Waals surface area (Å²) in [6.07, 6.45) is -2.74. The van der Waals surface area contributed by atoms with Gasteiger partial charge in [-0.05, 0) is 138 Å². The molecule has 6 aromatic carbocycles. The van der Waals surface area contributed by atoms with Gasteiger partial charge in [0.25, 0.3) is 11.8 Å². The van der Waals surface area contributed by atoms with E-state index in [4.69, 9.17) is 68.8 Å². The number of Topliss-reactive ketones (excluding diaryl/α,β-unsaturated/α-hetero) is 1. The van der Waals surface area contributed by atoms with E-state index in [1.165, 1.54) is 33.4 Å². The molecule has 0 spiro atoms. The van der Waals surface area contributed by atoms with Gasteiger partial charge in [0.15, 0.2) is 35.6 Å². The zero-order valence-corrected chi connectivity index (χ0v) is 74.7. The second-order valence-electron chi connectivity index (χ2n) is 35.2. The second kappa shape index (κ2) is 53.1. The second-order valence-corrected chi connectivity index (χ2v) is 35.2. The van der Waals surface area contributed by atoms with E-state index in [1.807, 2.05) is 84.9 Å². The number of rotatable bonds is 32. The largest absolute Gasteiger partial charge is 0.403 e. The highest BCUT2D eigenvalue weighted by atomic mass is 19.4. The van der Waals surface area contributed by atoms with Crippen molar-refractivity contribution >= 4 is 53.3 Å². The highest BCUT2D eigenvalue weighted by Crippen LogP contribution is 2.28. The van der Waals surface area contributed by atoms with Crippen LogP contribution in [0.2, 0.25) is 0 Å². The average Bonchev–Trinajstić information content (AvgIpc) is 0.873. The SMILES string of the molecule is CC(C)(C)c1ccc(C(=O)NCCCN)cc1.CC(C)(C)c1ccc(C(=O)NCCCN=C(N)N)cc1.CC(C)(C)c1ccc(CNC(=O)CCN=C(N)N)cc1.CC(C)(C)c1ccc(CNC(CCN=C(N)N)C(F)(F)F)cc1.CC(C)(C)c1ccc(CNCC(=O)CN=C(N)N)cc1.CC(C)(C)c1ccc(CNCC(N)CN=C(N)N)cc1. The zero-order valence-electron chi connectivity index (χ0n) is 74.7. The number of carbonyl (C=O) groups is 4. The van der Waals surface area contributed by atoms with Gasteiger partial charge in [-0.3, -0.25) is 39.1 Å². The Hall–Kier alpha value is -10.7. The summed E-state index contributed by atoms with van der Waals surface area (Å²) in [7, 11) is 0. The molecule has 0 fully saturated rings. The van der Waals surface area contributed by atoms with E-state index in [0.717, 1.165) is 35.2 Å². The molecule has 0 saturated carbocycles. The van der Waals surface area contributed by atoms with Crippen molar-refractivity contribution in [3.8, 4) is 0 Å². The number of alkyl halides is 3. The Balaban J connectivity index is 0.000000721. The lowest BCUT2D eigenvalue weighted by atomic mass is 9.86. The van der Waals surface area contributed by atoms with Gasteiger partial charge >= 0.3 is 6.18 Å². The Morgan fingerprint density at radius 3 is 1.03 bits per heavy atom. The molecule has 2 unspecified atom stereocenters. The number of amides is 3. The third kappa shape index (κ3) is 49.7. The minimum atomic E-state index is -4.34. The highest BCUT2D eigenvalue weighted by Gasteiger charge is 2.39. The van der Waals surface area contributed by atoms with Gasteiger partial charge in [0.05, 0.1) is 19.6 Å². The van der Waals surface area contributed by atoms with E-state index >= 15 is 0 Å². The molecular formula is C90H146F3N23O4. The summed E-state index contributed by atoms with van der Waals surface area (Å²) in [6, 6.07) is 46.6. The fraction of sp³-hybridized carbons (Fsp3) is 0.500. The van der Waals surface area contributed by atoms with Crippen LogP contribution in [-0.4, -0.2) is 137 Å². The van der Waals surface area contributed by atoms with Gasteiger partial charge in [-0.1, -0.05) is 246 Å². The predicted molar refractivity (Wildman–Crippen MR) is 491 cm³/mol. The molecular weight excluding hydrogens is 1520 g/mol. The molecule has 27 nitrogen and oxygen atoms in total. The van der Waals surface area contributed by atoms with Gasteiger partial charge in [-0.25, -0.2) is 4.99 Å². The maximum absolute atomic E-state index is 13.0. The molecule has 0 saturated heterocycles. The van der Waals surface area contributed by atoms with Crippen LogP contribution in [0.15, 0.2) is 171 Å². The number of nitrogens with zero attached hydrogens (tertiary/aromatic N) is 5. The summed E-state index contributed by atoms with van der Waals surface area (Å²) in [5.74, 6) is -0.295. The number of nitrogens with two attached hydrogens (primary N) is 12. The van der Waals surface area contributed by atoms with Crippen molar-refractivity contribution in [3.63, 3.8) is 0 Å². The summed E-state index contributed by atoms with van der Waals surface area (Å²) < 4.78 is 39.0. The number of aliphatic imine (C=N–C) groups is 5. The van der Waals surface area contributed by atoms with Crippen LogP contribution < -0.4 is 101 Å². The van der Waals surface area contributed by atoms with E-state index in [9.17, 15) is 32.3 Å². The molecule has 3 amide bonds. The van der Waals surface area contributed by atoms with Gasteiger partial charge < -0.3 is 101 Å². The van der Waals surface area contributed by atoms with Crippen molar-refractivity contribution in [1.82, 2.24) is 31.9 Å². The van der Waals surface area contributed by atoms with Gasteiger partial charge in [-0.15, -0.1) is 0 Å². The zero-order chi connectivity index (χ0) is 91.3. The normalized spacial score (nSPS) is 11.9. The maximum atomic E-state index is 13.0. The van der Waals surface area contributed by atoms with Crippen molar-refractivity contribution in [2.24, 2.45) is 93.8 Å². The highest BCUT2D eigenvalue weighted by molar-refractivity contribution is 5.95. The summed E-state index contributed by atoms with van der Waals surface area (Å²) in [4.78, 5) is 65.4. The van der Waals surface area contributed by atoms with Crippen LogP contribution in [0.5, 0.6) is 0 Å². The van der Waals surface area contributed by atoms with Crippen LogP contribution >= 0.6 is 0 Å². The Kier molecular flexibility index (Phi) is 47.5. The Bertz CT molecular complexity index is 4090. The van der Waals surface area contributed by atoms with Crippen LogP contribution in [0.25, 0.3) is 0 Å². The van der Waals surface area contributed by atoms with Crippen LogP contribution in [-0.2, 0) is 68.3 Å². The van der Waals surface area contributed by atoms with Crippen LogP contribution in [0.1, 0.15) is 227 Å². The first-order valence-electron chi connectivity index (χ1n) is 40.5. The molecule has 0 radical (unpaired) electrons. The Labute approximate surface area is 712 Å². The van der Waals surface area contributed by atoms with E-state index in [1.54, 1.807) is 0 Å². The quantitative estimate of drug-likeness (QED) is 0.0106. The standard InChI is InChI=1S/C16H25F3N4.C15H27N5.3C15H24N4O.C14H22N2O/c1-15(2,3)12-6-4-11(5-7-12)10-23-13(16(17,18)19)8-9-22-14(20)21;1-15(2,3)12-6-4-11(5-7-12)8-19-9-13(16)10-20-14(17)18;1-15(2,3)12-7-5-11(6-8-12)13(20)18-9-4-10-19-14(16)17;1-15(2,3)12-6-4-11(5-7-12)8-18-9-13(20)10-19-14(16)17;1-15(2,3)12-6-4-11(5-7-12)10-19-13(20)8-9-18-14(16)17;1-14(2,3)12-7-5-11(6-8-12)13(17)16-10-4-9-15/h4-7,13,23H,8-10H2,1-3H3,(H4,20,21,22);4-7,13,19H,8-10,16H2,1-3H3,(H4,17,18,20);5-8H,4,9-10H2,1-3H3,(H,18,20)(H4,16,17,19);4-7,18H,8-10H2,1-3H3,(H4,16,17,19);4-7H,8-10H2,1-3H3,(H,19,20)(H4,16,17,18);5-8H,4,9-10,15H2,1-3H3,(H,16,17). The van der Waals surface area contributed by atoms with Crippen molar-refractivity contribution in [2.75, 3.05) is 65.4 Å². The Morgan fingerprint density at radius 1 is 0.375 bits per heavy atom. The van der Waals surface area contributed by atoms with Crippen molar-refractivity contribution in [3.05, 3.63) is 212 Å². The smallest absolute Gasteiger partial charge is 0.370 e. The van der Waals surface area contributed by atoms with Gasteiger partial charge in [0.2, 0.25) is 5.91 Å². The lowest BCUT2D eigenvalue weighted by Gasteiger charge is -2.22. The molecule has 0 aromatic heterocycles. The first-order chi connectivity index (χ1) is 55.6. The van der Waals surface area contributed by atoms with Crippen molar-refractivity contribution in [1.29, 1.82) is 0 Å². The summed E-state index contributed by atoms with van der Waals surface area (Å²) in [5, 5.41) is 17.4. The van der Waals surface area contributed by atoms with Gasteiger partial charge in [-0.2, -0.15) is 13.2 Å². The molecule has 6 rings (SSSR count). The Morgan fingerprint density at radius 2 is 0.692 bits per heavy atom. The molecule has 0 heterocycles. The van der Waals surface area contributed by atoms with Crippen LogP contribution in [0.4, 0.5) is 13.2 Å². The molecule has 0 aliphatic carbocycles. The van der Waals surface area contributed by atoms with Crippen LogP contribution in [0.3, 0.4) is 0 Å². The average molecular weight is 1670 g/mol. The molecule has 0 aliphatic heterocycles. The lowest BCUT2D eigenvalue weighted by molar-refractivity contribution is -0.157. The summed E-state index contributed by atoms with van der Waals surface area (Å²) in [6.45, 7) is 44.9. The number of halogens is 3. The lowest BCUT2D eigenvalue weighted by Crippen LogP contribution is -2.42. The monoisotopic (exact) mass is 1670 g/mol. The van der Waals surface area contributed by atoms with Gasteiger partial charge in [0, 0.05) is 82.5 Å². The van der Waals surface area contributed by atoms with Crippen LogP contribution in [0, 0.1) is 0 Å². The van der Waals surface area contributed by atoms with Gasteiger partial charge in [0.1, 0.15) is 12.6 Å². The number of hydrogen-bond acceptors (Lipinski definition) is 14. The number of carbonyl (C=O) groups excluding carboxylic acids is 4. The van der Waals surface area contributed by atoms with E-state index in [0.29, 0.717) is 76.5 Å². The third-order valence-electron chi connectivity index (χ3n) is 18.0. The number of hydrogen-bond donors (Lipinski definition) is 18. The number of nitrogens with one attached hydrogen (secondary N) is 6. The minimum Gasteiger partial charge on any atom is -0.370 e. The number of guanidine groups is 5. The third-order valence-corrected chi connectivity index (χ3v) is 18.0. The molecule has 666 valence electrons. The molecule has 0 bridgehead atoms. The summed E-state index contributed by atoms with van der Waals surface area (Å²) >= 11 is 0. The molecule has 120 heavy (non-hydrogen) atoms. The maximum Gasteiger partial charge on any atom is 0.403 e. The fourth-order valence-electron chi connectivity index (χ4n) is 10.5. The summed E-state index contributed by atoms with van der Waals surface area (Å²) in [5.41, 5.74) is 77.0. The molecule has 6 aromatic rings. The molecule has 30 heteroatoms. The van der Waals surface area contributed by atoms with Crippen molar-refractivity contribution < 1.29 is 32.3 Å². The number of ketones is 1. The molecule has 30 N–H and O–H groups in total. The topological polar surface area (TPSA) is 514 Å². The number of benzene rings is 6.